The van der Waals surface area contributed by atoms with Gasteiger partial charge in [-0.05, 0) is 43.7 Å². The Balaban J connectivity index is 2.18. The minimum atomic E-state index is -0.545. The van der Waals surface area contributed by atoms with Gasteiger partial charge in [0.15, 0.2) is 0 Å². The van der Waals surface area contributed by atoms with Gasteiger partial charge >= 0.3 is 0 Å². The molecule has 0 fully saturated rings. The van der Waals surface area contributed by atoms with Crippen LogP contribution in [0.4, 0.5) is 5.69 Å². The molecule has 0 saturated carbocycles. The zero-order valence-corrected chi connectivity index (χ0v) is 12.9. The minimum absolute atomic E-state index is 0.00852. The topological polar surface area (TPSA) is 32.7 Å². The Kier molecular flexibility index (Phi) is 5.23. The van der Waals surface area contributed by atoms with E-state index in [0.717, 1.165) is 23.5 Å². The number of likely N-dealkylation sites (N-methyl/N-ethyl adjacent to an activating group) is 1. The maximum Gasteiger partial charge on any atom is 0.118 e. The molecule has 0 heterocycles. The van der Waals surface area contributed by atoms with Crippen LogP contribution in [0.25, 0.3) is 0 Å². The van der Waals surface area contributed by atoms with Gasteiger partial charge in [-0.1, -0.05) is 30.3 Å². The van der Waals surface area contributed by atoms with Crippen molar-refractivity contribution >= 4 is 5.69 Å². The van der Waals surface area contributed by atoms with Crippen LogP contribution in [0, 0.1) is 0 Å². The van der Waals surface area contributed by atoms with Crippen molar-refractivity contribution in [1.82, 2.24) is 0 Å². The summed E-state index contributed by atoms with van der Waals surface area (Å²) < 4.78 is 5.16. The summed E-state index contributed by atoms with van der Waals surface area (Å²) in [6.45, 7) is 4.99. The van der Waals surface area contributed by atoms with Gasteiger partial charge in [0.1, 0.15) is 5.75 Å². The van der Waals surface area contributed by atoms with Crippen LogP contribution in [0.2, 0.25) is 0 Å². The number of aliphatic hydroxyl groups excluding tert-OH is 1. The number of para-hydroxylation sites is 1. The van der Waals surface area contributed by atoms with Crippen LogP contribution in [0.1, 0.15) is 25.5 Å². The fourth-order valence-corrected chi connectivity index (χ4v) is 2.58. The predicted octanol–water partition coefficient (Wildman–Crippen LogP) is 3.64. The second-order valence-electron chi connectivity index (χ2n) is 5.08. The first-order valence-corrected chi connectivity index (χ1v) is 7.31. The highest BCUT2D eigenvalue weighted by atomic mass is 16.5. The van der Waals surface area contributed by atoms with E-state index in [9.17, 15) is 5.11 Å². The molecule has 0 aliphatic heterocycles. The number of hydrogen-bond donors (Lipinski definition) is 1. The van der Waals surface area contributed by atoms with E-state index in [1.165, 1.54) is 0 Å². The number of nitrogens with zero attached hydrogens (tertiary/aromatic N) is 1. The van der Waals surface area contributed by atoms with Crippen molar-refractivity contribution in [3.63, 3.8) is 0 Å². The first-order valence-electron chi connectivity index (χ1n) is 7.31. The molecule has 3 heteroatoms. The quantitative estimate of drug-likeness (QED) is 0.879. The molecule has 0 bridgehead atoms. The summed E-state index contributed by atoms with van der Waals surface area (Å²) in [6.07, 6.45) is -0.545. The van der Waals surface area contributed by atoms with E-state index in [4.69, 9.17) is 4.74 Å². The van der Waals surface area contributed by atoms with Gasteiger partial charge in [-0.3, -0.25) is 0 Å². The molecule has 2 atom stereocenters. The maximum absolute atomic E-state index is 10.6. The summed E-state index contributed by atoms with van der Waals surface area (Å²) in [6, 6.07) is 17.8. The lowest BCUT2D eigenvalue weighted by Crippen LogP contribution is -2.37. The van der Waals surface area contributed by atoms with Gasteiger partial charge < -0.3 is 14.7 Å². The number of benzene rings is 2. The summed E-state index contributed by atoms with van der Waals surface area (Å²) in [4.78, 5) is 2.20. The van der Waals surface area contributed by atoms with Crippen LogP contribution in [-0.2, 0) is 0 Å². The fraction of sp³-hybridized carbons (Fsp3) is 0.333. The smallest absolute Gasteiger partial charge is 0.118 e. The van der Waals surface area contributed by atoms with Crippen molar-refractivity contribution in [3.8, 4) is 5.75 Å². The Hall–Kier alpha value is -2.00. The lowest BCUT2D eigenvalue weighted by atomic mass is 10.0. The van der Waals surface area contributed by atoms with E-state index in [1.807, 2.05) is 49.4 Å². The number of anilines is 1. The van der Waals surface area contributed by atoms with Crippen molar-refractivity contribution in [3.05, 3.63) is 60.2 Å². The highest BCUT2D eigenvalue weighted by Crippen LogP contribution is 2.26. The van der Waals surface area contributed by atoms with Gasteiger partial charge in [-0.2, -0.15) is 0 Å². The van der Waals surface area contributed by atoms with Gasteiger partial charge in [0.25, 0.3) is 0 Å². The molecule has 2 unspecified atom stereocenters. The van der Waals surface area contributed by atoms with Gasteiger partial charge in [-0.15, -0.1) is 0 Å². The summed E-state index contributed by atoms with van der Waals surface area (Å²) >= 11 is 0. The van der Waals surface area contributed by atoms with Crippen molar-refractivity contribution in [2.45, 2.75) is 26.0 Å². The summed E-state index contributed by atoms with van der Waals surface area (Å²) in [7, 11) is 1.64. The molecular weight excluding hydrogens is 262 g/mol. The number of methoxy groups -OCH3 is 1. The molecule has 0 aromatic heterocycles. The molecule has 21 heavy (non-hydrogen) atoms. The summed E-state index contributed by atoms with van der Waals surface area (Å²) in [5, 5.41) is 10.6. The lowest BCUT2D eigenvalue weighted by Gasteiger charge is -2.33. The SMILES string of the molecule is CCN(c1ccccc1)C(C)C(O)c1ccc(OC)cc1. The van der Waals surface area contributed by atoms with E-state index in [0.29, 0.717) is 0 Å². The third kappa shape index (κ3) is 3.56. The van der Waals surface area contributed by atoms with E-state index < -0.39 is 6.10 Å². The van der Waals surface area contributed by atoms with E-state index >= 15 is 0 Å². The van der Waals surface area contributed by atoms with Crippen LogP contribution >= 0.6 is 0 Å². The molecule has 0 saturated heterocycles. The van der Waals surface area contributed by atoms with Crippen molar-refractivity contribution in [2.75, 3.05) is 18.6 Å². The summed E-state index contributed by atoms with van der Waals surface area (Å²) in [5.74, 6) is 0.800. The van der Waals surface area contributed by atoms with Gasteiger partial charge in [-0.25, -0.2) is 0 Å². The largest absolute Gasteiger partial charge is 0.497 e. The van der Waals surface area contributed by atoms with Gasteiger partial charge in [0, 0.05) is 12.2 Å². The first-order chi connectivity index (χ1) is 10.2. The average Bonchev–Trinajstić information content (AvgIpc) is 2.56. The third-order valence-corrected chi connectivity index (χ3v) is 3.83. The molecule has 2 rings (SSSR count). The molecule has 0 amide bonds. The summed E-state index contributed by atoms with van der Waals surface area (Å²) in [5.41, 5.74) is 2.03. The number of ether oxygens (including phenoxy) is 1. The maximum atomic E-state index is 10.6. The minimum Gasteiger partial charge on any atom is -0.497 e. The van der Waals surface area contributed by atoms with Crippen LogP contribution in [0.3, 0.4) is 0 Å². The number of hydrogen-bond acceptors (Lipinski definition) is 3. The molecular formula is C18H23NO2. The Morgan fingerprint density at radius 1 is 1.05 bits per heavy atom. The molecule has 1 N–H and O–H groups in total. The molecule has 2 aromatic rings. The lowest BCUT2D eigenvalue weighted by molar-refractivity contribution is 0.149. The molecule has 3 nitrogen and oxygen atoms in total. The zero-order valence-electron chi connectivity index (χ0n) is 12.9. The molecule has 2 aromatic carbocycles. The monoisotopic (exact) mass is 285 g/mol. The highest BCUT2D eigenvalue weighted by molar-refractivity contribution is 5.47. The molecule has 112 valence electrons. The van der Waals surface area contributed by atoms with Gasteiger partial charge in [0.2, 0.25) is 0 Å². The van der Waals surface area contributed by atoms with Crippen LogP contribution in [0.5, 0.6) is 5.75 Å². The number of aliphatic hydroxyl groups is 1. The van der Waals surface area contributed by atoms with E-state index in [-0.39, 0.29) is 6.04 Å². The Morgan fingerprint density at radius 3 is 2.19 bits per heavy atom. The fourth-order valence-electron chi connectivity index (χ4n) is 2.58. The zero-order chi connectivity index (χ0) is 15.2. The highest BCUT2D eigenvalue weighted by Gasteiger charge is 2.22. The van der Waals surface area contributed by atoms with Gasteiger partial charge in [0.05, 0.1) is 19.3 Å². The molecule has 0 spiro atoms. The normalized spacial score (nSPS) is 13.5. The van der Waals surface area contributed by atoms with Crippen molar-refractivity contribution in [1.29, 1.82) is 0 Å². The number of rotatable bonds is 6. The van der Waals surface area contributed by atoms with Crippen molar-refractivity contribution in [2.24, 2.45) is 0 Å². The second kappa shape index (κ2) is 7.14. The Morgan fingerprint density at radius 2 is 1.67 bits per heavy atom. The standard InChI is InChI=1S/C18H23NO2/c1-4-19(16-8-6-5-7-9-16)14(2)18(20)15-10-12-17(21-3)13-11-15/h5-14,18,20H,4H2,1-3H3. The Bertz CT molecular complexity index is 539. The molecule has 0 aliphatic rings. The van der Waals surface area contributed by atoms with E-state index in [1.54, 1.807) is 7.11 Å². The van der Waals surface area contributed by atoms with E-state index in [2.05, 4.69) is 24.0 Å². The average molecular weight is 285 g/mol. The Labute approximate surface area is 126 Å². The third-order valence-electron chi connectivity index (χ3n) is 3.83. The van der Waals surface area contributed by atoms with Crippen LogP contribution in [0.15, 0.2) is 54.6 Å². The van der Waals surface area contributed by atoms with Crippen LogP contribution in [-0.4, -0.2) is 24.8 Å². The molecule has 0 aliphatic carbocycles. The predicted molar refractivity (Wildman–Crippen MR) is 86.9 cm³/mol. The first kappa shape index (κ1) is 15.4. The molecule has 0 radical (unpaired) electrons. The van der Waals surface area contributed by atoms with Crippen molar-refractivity contribution < 1.29 is 9.84 Å². The second-order valence-corrected chi connectivity index (χ2v) is 5.08. The van der Waals surface area contributed by atoms with Crippen LogP contribution < -0.4 is 9.64 Å².